The van der Waals surface area contributed by atoms with Crippen molar-refractivity contribution < 1.29 is 24.5 Å². The number of fused-ring (bicyclic) bond motifs is 1. The molecule has 0 aromatic rings. The van der Waals surface area contributed by atoms with Crippen LogP contribution in [0.3, 0.4) is 0 Å². The minimum absolute atomic E-state index is 0.0273. The number of carbonyl (C=O) groups is 2. The summed E-state index contributed by atoms with van der Waals surface area (Å²) >= 11 is 0. The van der Waals surface area contributed by atoms with Crippen molar-refractivity contribution in [3.05, 3.63) is 23.3 Å². The molecule has 0 heterocycles. The Labute approximate surface area is 124 Å². The van der Waals surface area contributed by atoms with Gasteiger partial charge in [0.25, 0.3) is 0 Å². The van der Waals surface area contributed by atoms with E-state index in [4.69, 9.17) is 4.74 Å². The quantitative estimate of drug-likeness (QED) is 0.600. The number of ether oxygens (including phenoxy) is 1. The molecule has 0 amide bonds. The molecule has 5 nitrogen and oxygen atoms in total. The second kappa shape index (κ2) is 5.07. The third kappa shape index (κ3) is 2.34. The number of aliphatic carboxylic acids is 1. The van der Waals surface area contributed by atoms with Crippen LogP contribution in [-0.2, 0) is 14.3 Å². The first-order chi connectivity index (χ1) is 9.65. The molecule has 2 aliphatic rings. The molecule has 116 valence electrons. The van der Waals surface area contributed by atoms with Gasteiger partial charge in [-0.2, -0.15) is 0 Å². The van der Waals surface area contributed by atoms with E-state index >= 15 is 0 Å². The van der Waals surface area contributed by atoms with Gasteiger partial charge < -0.3 is 14.9 Å². The Balaban J connectivity index is 2.55. The number of rotatable bonds is 2. The zero-order valence-electron chi connectivity index (χ0n) is 12.8. The predicted octanol–water partition coefficient (Wildman–Crippen LogP) is 1.91. The molecular weight excluding hydrogens is 272 g/mol. The molecule has 0 aromatic heterocycles. The van der Waals surface area contributed by atoms with Crippen molar-refractivity contribution >= 4 is 11.8 Å². The Morgan fingerprint density at radius 2 is 2.10 bits per heavy atom. The fourth-order valence-corrected chi connectivity index (χ4v) is 3.51. The highest BCUT2D eigenvalue weighted by Crippen LogP contribution is 2.55. The Bertz CT molecular complexity index is 547. The molecule has 0 bridgehead atoms. The molecule has 0 radical (unpaired) electrons. The van der Waals surface area contributed by atoms with Gasteiger partial charge in [-0.25, -0.2) is 4.79 Å². The van der Waals surface area contributed by atoms with Gasteiger partial charge in [0.15, 0.2) is 11.6 Å². The van der Waals surface area contributed by atoms with Crippen LogP contribution < -0.4 is 0 Å². The summed E-state index contributed by atoms with van der Waals surface area (Å²) in [5.74, 6) is -2.86. The molecule has 2 N–H and O–H groups in total. The Morgan fingerprint density at radius 1 is 1.48 bits per heavy atom. The maximum Gasteiger partial charge on any atom is 0.331 e. The Morgan fingerprint density at radius 3 is 2.62 bits per heavy atom. The number of carboxylic acid groups (broad SMARTS) is 1. The van der Waals surface area contributed by atoms with Crippen LogP contribution in [0.2, 0.25) is 0 Å². The topological polar surface area (TPSA) is 83.8 Å². The minimum atomic E-state index is -1.59. The average molecular weight is 294 g/mol. The monoisotopic (exact) mass is 294 g/mol. The van der Waals surface area contributed by atoms with Gasteiger partial charge in [-0.05, 0) is 36.3 Å². The van der Waals surface area contributed by atoms with E-state index in [2.05, 4.69) is 0 Å². The summed E-state index contributed by atoms with van der Waals surface area (Å²) in [4.78, 5) is 23.3. The largest absolute Gasteiger partial charge is 0.478 e. The number of ketones is 1. The van der Waals surface area contributed by atoms with Crippen LogP contribution in [0.5, 0.6) is 0 Å². The Kier molecular flexibility index (Phi) is 3.84. The number of allylic oxidation sites excluding steroid dienone is 2. The van der Waals surface area contributed by atoms with Crippen molar-refractivity contribution in [2.75, 3.05) is 7.11 Å². The maximum absolute atomic E-state index is 12.0. The number of hydrogen-bond donors (Lipinski definition) is 2. The van der Waals surface area contributed by atoms with E-state index in [0.29, 0.717) is 12.0 Å². The van der Waals surface area contributed by atoms with Gasteiger partial charge in [0.2, 0.25) is 0 Å². The van der Waals surface area contributed by atoms with Crippen molar-refractivity contribution in [3.63, 3.8) is 0 Å². The molecule has 2 rings (SSSR count). The first kappa shape index (κ1) is 15.9. The van der Waals surface area contributed by atoms with E-state index in [1.807, 2.05) is 19.9 Å². The molecule has 0 spiro atoms. The van der Waals surface area contributed by atoms with Crippen LogP contribution >= 0.6 is 0 Å². The standard InChI is InChI=1S/C16H22O5/c1-9(14(18)19)12-8-15(3)10(2)13(17)6-5-11(15)7-16(12,20)21-4/h5-6,10-11,20H,7-8H2,1-4H3,(H,18,19). The summed E-state index contributed by atoms with van der Waals surface area (Å²) in [7, 11) is 1.37. The summed E-state index contributed by atoms with van der Waals surface area (Å²) in [5, 5.41) is 20.0. The molecule has 0 aromatic carbocycles. The second-order valence-corrected chi connectivity index (χ2v) is 6.37. The smallest absolute Gasteiger partial charge is 0.331 e. The van der Waals surface area contributed by atoms with Crippen LogP contribution in [-0.4, -0.2) is 34.9 Å². The number of hydrogen-bond acceptors (Lipinski definition) is 4. The minimum Gasteiger partial charge on any atom is -0.478 e. The van der Waals surface area contributed by atoms with Gasteiger partial charge in [0.05, 0.1) is 0 Å². The highest BCUT2D eigenvalue weighted by molar-refractivity contribution is 5.93. The van der Waals surface area contributed by atoms with Crippen molar-refractivity contribution in [2.45, 2.75) is 39.4 Å². The van der Waals surface area contributed by atoms with Gasteiger partial charge in [-0.1, -0.05) is 19.9 Å². The molecule has 1 saturated carbocycles. The molecular formula is C16H22O5. The number of methoxy groups -OCH3 is 1. The first-order valence-electron chi connectivity index (χ1n) is 7.09. The maximum atomic E-state index is 12.0. The van der Waals surface area contributed by atoms with E-state index in [9.17, 15) is 19.8 Å². The SMILES string of the molecule is COC1(O)CC2C=CC(=O)C(C)C2(C)CC1=C(C)C(=O)O. The van der Waals surface area contributed by atoms with Crippen LogP contribution in [0.4, 0.5) is 0 Å². The molecule has 0 aliphatic heterocycles. The lowest BCUT2D eigenvalue weighted by Gasteiger charge is -2.51. The van der Waals surface area contributed by atoms with Crippen LogP contribution in [0.15, 0.2) is 23.3 Å². The zero-order valence-corrected chi connectivity index (χ0v) is 12.8. The van der Waals surface area contributed by atoms with Crippen LogP contribution in [0.1, 0.15) is 33.6 Å². The van der Waals surface area contributed by atoms with Crippen LogP contribution in [0.25, 0.3) is 0 Å². The summed E-state index contributed by atoms with van der Waals surface area (Å²) < 4.78 is 5.23. The lowest BCUT2D eigenvalue weighted by molar-refractivity contribution is -0.193. The lowest BCUT2D eigenvalue weighted by atomic mass is 9.55. The predicted molar refractivity (Wildman–Crippen MR) is 76.4 cm³/mol. The highest BCUT2D eigenvalue weighted by Gasteiger charge is 2.54. The molecule has 21 heavy (non-hydrogen) atoms. The molecule has 2 aliphatic carbocycles. The van der Waals surface area contributed by atoms with Crippen molar-refractivity contribution in [3.8, 4) is 0 Å². The summed E-state index contributed by atoms with van der Waals surface area (Å²) in [6.45, 7) is 5.31. The molecule has 5 heteroatoms. The van der Waals surface area contributed by atoms with Gasteiger partial charge in [-0.15, -0.1) is 0 Å². The van der Waals surface area contributed by atoms with E-state index in [1.54, 1.807) is 6.08 Å². The van der Waals surface area contributed by atoms with E-state index in [-0.39, 0.29) is 29.6 Å². The van der Waals surface area contributed by atoms with Crippen molar-refractivity contribution in [1.82, 2.24) is 0 Å². The molecule has 4 unspecified atom stereocenters. The lowest BCUT2D eigenvalue weighted by Crippen LogP contribution is -2.52. The van der Waals surface area contributed by atoms with Gasteiger partial charge in [-0.3, -0.25) is 4.79 Å². The summed E-state index contributed by atoms with van der Waals surface area (Å²) in [6.07, 6.45) is 3.97. The summed E-state index contributed by atoms with van der Waals surface area (Å²) in [5.41, 5.74) is 0.0576. The van der Waals surface area contributed by atoms with Crippen LogP contribution in [0, 0.1) is 17.3 Å². The fourth-order valence-electron chi connectivity index (χ4n) is 3.51. The highest BCUT2D eigenvalue weighted by atomic mass is 16.6. The number of aliphatic hydroxyl groups is 1. The zero-order chi connectivity index (χ0) is 16.0. The number of carboxylic acids is 1. The van der Waals surface area contributed by atoms with Gasteiger partial charge in [0, 0.05) is 25.0 Å². The molecule has 4 atom stereocenters. The van der Waals surface area contributed by atoms with E-state index in [1.165, 1.54) is 14.0 Å². The second-order valence-electron chi connectivity index (χ2n) is 6.37. The third-order valence-electron chi connectivity index (χ3n) is 5.39. The van der Waals surface area contributed by atoms with E-state index < -0.39 is 17.2 Å². The molecule has 0 saturated heterocycles. The normalized spacial score (nSPS) is 41.7. The van der Waals surface area contributed by atoms with Gasteiger partial charge in [0.1, 0.15) is 0 Å². The van der Waals surface area contributed by atoms with Gasteiger partial charge >= 0.3 is 5.97 Å². The average Bonchev–Trinajstić information content (AvgIpc) is 2.44. The number of carbonyl (C=O) groups excluding carboxylic acids is 1. The van der Waals surface area contributed by atoms with E-state index in [0.717, 1.165) is 0 Å². The van der Waals surface area contributed by atoms with Crippen molar-refractivity contribution in [2.24, 2.45) is 17.3 Å². The third-order valence-corrected chi connectivity index (χ3v) is 5.39. The van der Waals surface area contributed by atoms with Crippen molar-refractivity contribution in [1.29, 1.82) is 0 Å². The fraction of sp³-hybridized carbons (Fsp3) is 0.625. The Hall–Kier alpha value is -1.46. The summed E-state index contributed by atoms with van der Waals surface area (Å²) in [6, 6.07) is 0. The first-order valence-corrected chi connectivity index (χ1v) is 7.09. The molecule has 1 fully saturated rings.